The van der Waals surface area contributed by atoms with Crippen molar-refractivity contribution in [2.45, 2.75) is 6.18 Å². The van der Waals surface area contributed by atoms with Gasteiger partial charge in [-0.3, -0.25) is 4.79 Å². The molecule has 0 aliphatic rings. The van der Waals surface area contributed by atoms with Gasteiger partial charge in [0.05, 0.1) is 18.9 Å². The number of hydrazone groups is 1. The van der Waals surface area contributed by atoms with Gasteiger partial charge in [-0.15, -0.1) is 0 Å². The first kappa shape index (κ1) is 16.5. The first-order valence-electron chi connectivity index (χ1n) is 6.55. The number of nitrogens with zero attached hydrogens (tertiary/aromatic N) is 1. The van der Waals surface area contributed by atoms with Crippen LogP contribution in [0.25, 0.3) is 0 Å². The van der Waals surface area contributed by atoms with Gasteiger partial charge in [-0.25, -0.2) is 5.43 Å². The van der Waals surface area contributed by atoms with E-state index < -0.39 is 17.6 Å². The van der Waals surface area contributed by atoms with Gasteiger partial charge in [0.1, 0.15) is 5.75 Å². The van der Waals surface area contributed by atoms with E-state index in [0.29, 0.717) is 11.3 Å². The Morgan fingerprint density at radius 3 is 2.61 bits per heavy atom. The lowest BCUT2D eigenvalue weighted by atomic mass is 10.1. The summed E-state index contributed by atoms with van der Waals surface area (Å²) in [7, 11) is 1.48. The number of benzene rings is 2. The third-order valence-electron chi connectivity index (χ3n) is 2.93. The molecule has 0 unspecified atom stereocenters. The van der Waals surface area contributed by atoms with E-state index in [0.717, 1.165) is 18.3 Å². The molecule has 1 N–H and O–H groups in total. The molecule has 0 bridgehead atoms. The highest BCUT2D eigenvalue weighted by atomic mass is 19.4. The summed E-state index contributed by atoms with van der Waals surface area (Å²) in [4.78, 5) is 11.9. The van der Waals surface area contributed by atoms with Crippen LogP contribution < -0.4 is 10.2 Å². The summed E-state index contributed by atoms with van der Waals surface area (Å²) in [5.41, 5.74) is 2.03. The summed E-state index contributed by atoms with van der Waals surface area (Å²) in [6.45, 7) is 0. The number of rotatable bonds is 4. The summed E-state index contributed by atoms with van der Waals surface area (Å²) in [5.74, 6) is 0.0200. The number of carbonyl (C=O) groups is 1. The number of ether oxygens (including phenoxy) is 1. The van der Waals surface area contributed by atoms with Crippen molar-refractivity contribution in [1.82, 2.24) is 5.43 Å². The Balaban J connectivity index is 2.05. The zero-order valence-electron chi connectivity index (χ0n) is 12.1. The first-order chi connectivity index (χ1) is 10.9. The fourth-order valence-electron chi connectivity index (χ4n) is 1.79. The quantitative estimate of drug-likeness (QED) is 0.692. The van der Waals surface area contributed by atoms with Crippen LogP contribution in [0.15, 0.2) is 53.6 Å². The number of amides is 1. The topological polar surface area (TPSA) is 50.7 Å². The van der Waals surface area contributed by atoms with E-state index in [2.05, 4.69) is 10.5 Å². The van der Waals surface area contributed by atoms with Crippen molar-refractivity contribution in [1.29, 1.82) is 0 Å². The number of halogens is 3. The second-order valence-electron chi connectivity index (χ2n) is 4.55. The van der Waals surface area contributed by atoms with Crippen LogP contribution in [0.4, 0.5) is 13.2 Å². The summed E-state index contributed by atoms with van der Waals surface area (Å²) in [6.07, 6.45) is -3.28. The molecule has 4 nitrogen and oxygen atoms in total. The van der Waals surface area contributed by atoms with Crippen LogP contribution in [0.3, 0.4) is 0 Å². The molecule has 120 valence electrons. The average molecular weight is 322 g/mol. The number of hydrogen-bond donors (Lipinski definition) is 1. The third kappa shape index (κ3) is 4.57. The highest BCUT2D eigenvalue weighted by molar-refractivity contribution is 5.95. The Bertz CT molecular complexity index is 727. The second-order valence-corrected chi connectivity index (χ2v) is 4.55. The fourth-order valence-corrected chi connectivity index (χ4v) is 1.79. The third-order valence-corrected chi connectivity index (χ3v) is 2.93. The molecule has 23 heavy (non-hydrogen) atoms. The minimum absolute atomic E-state index is 0.228. The van der Waals surface area contributed by atoms with Crippen LogP contribution in [0.1, 0.15) is 21.5 Å². The molecule has 0 saturated carbocycles. The van der Waals surface area contributed by atoms with Crippen LogP contribution in [-0.4, -0.2) is 19.2 Å². The number of methoxy groups -OCH3 is 1. The minimum Gasteiger partial charge on any atom is -0.497 e. The summed E-state index contributed by atoms with van der Waals surface area (Å²) < 4.78 is 42.8. The highest BCUT2D eigenvalue weighted by Crippen LogP contribution is 2.29. The van der Waals surface area contributed by atoms with Crippen molar-refractivity contribution in [2.75, 3.05) is 7.11 Å². The fraction of sp³-hybridized carbons (Fsp3) is 0.125. The van der Waals surface area contributed by atoms with Crippen molar-refractivity contribution in [3.05, 3.63) is 65.2 Å². The largest absolute Gasteiger partial charge is 0.497 e. The van der Waals surface area contributed by atoms with Crippen molar-refractivity contribution >= 4 is 12.1 Å². The molecule has 2 aromatic rings. The number of hydrogen-bond acceptors (Lipinski definition) is 3. The predicted octanol–water partition coefficient (Wildman–Crippen LogP) is 3.48. The van der Waals surface area contributed by atoms with Crippen LogP contribution in [0.5, 0.6) is 5.75 Å². The SMILES string of the molecule is COc1cccc(C(=O)N/N=C\c2cccc(C(F)(F)F)c2)c1. The van der Waals surface area contributed by atoms with Gasteiger partial charge in [0, 0.05) is 5.56 Å². The van der Waals surface area contributed by atoms with E-state index in [9.17, 15) is 18.0 Å². The van der Waals surface area contributed by atoms with Gasteiger partial charge >= 0.3 is 6.18 Å². The van der Waals surface area contributed by atoms with E-state index >= 15 is 0 Å². The van der Waals surface area contributed by atoms with Crippen molar-refractivity contribution in [3.8, 4) is 5.75 Å². The maximum absolute atomic E-state index is 12.6. The van der Waals surface area contributed by atoms with Gasteiger partial charge in [-0.2, -0.15) is 18.3 Å². The molecular weight excluding hydrogens is 309 g/mol. The molecule has 0 spiro atoms. The van der Waals surface area contributed by atoms with Gasteiger partial charge in [0.15, 0.2) is 0 Å². The molecule has 0 atom stereocenters. The van der Waals surface area contributed by atoms with Crippen LogP contribution >= 0.6 is 0 Å². The maximum atomic E-state index is 12.6. The smallest absolute Gasteiger partial charge is 0.416 e. The van der Waals surface area contributed by atoms with E-state index in [1.165, 1.54) is 25.3 Å². The number of nitrogens with one attached hydrogen (secondary N) is 1. The van der Waals surface area contributed by atoms with Gasteiger partial charge < -0.3 is 4.74 Å². The number of alkyl halides is 3. The molecule has 2 rings (SSSR count). The first-order valence-corrected chi connectivity index (χ1v) is 6.55. The van der Waals surface area contributed by atoms with Crippen molar-refractivity contribution < 1.29 is 22.7 Å². The Kier molecular flexibility index (Phi) is 5.00. The molecule has 0 radical (unpaired) electrons. The van der Waals surface area contributed by atoms with Gasteiger partial charge in [-0.05, 0) is 35.9 Å². The molecule has 0 aliphatic carbocycles. The Morgan fingerprint density at radius 2 is 1.91 bits per heavy atom. The highest BCUT2D eigenvalue weighted by Gasteiger charge is 2.30. The van der Waals surface area contributed by atoms with Crippen LogP contribution in [0, 0.1) is 0 Å². The summed E-state index contributed by atoms with van der Waals surface area (Å²) >= 11 is 0. The average Bonchev–Trinajstić information content (AvgIpc) is 2.54. The van der Waals surface area contributed by atoms with Gasteiger partial charge in [0.25, 0.3) is 5.91 Å². The molecule has 2 aromatic carbocycles. The molecular formula is C16H13F3N2O2. The van der Waals surface area contributed by atoms with E-state index in [1.54, 1.807) is 18.2 Å². The molecule has 0 saturated heterocycles. The monoisotopic (exact) mass is 322 g/mol. The molecule has 1 amide bonds. The Hall–Kier alpha value is -2.83. The zero-order chi connectivity index (χ0) is 16.9. The van der Waals surface area contributed by atoms with Crippen molar-refractivity contribution in [3.63, 3.8) is 0 Å². The molecule has 0 aromatic heterocycles. The van der Waals surface area contributed by atoms with E-state index in [4.69, 9.17) is 4.74 Å². The van der Waals surface area contributed by atoms with Gasteiger partial charge in [0.2, 0.25) is 0 Å². The Morgan fingerprint density at radius 1 is 1.17 bits per heavy atom. The lowest BCUT2D eigenvalue weighted by molar-refractivity contribution is -0.137. The Labute approximate surface area is 130 Å². The predicted molar refractivity (Wildman–Crippen MR) is 79.5 cm³/mol. The number of carbonyl (C=O) groups excluding carboxylic acids is 1. The zero-order valence-corrected chi connectivity index (χ0v) is 12.1. The summed E-state index contributed by atoms with van der Waals surface area (Å²) in [6, 6.07) is 11.1. The standard InChI is InChI=1S/C16H13F3N2O2/c1-23-14-7-3-5-12(9-14)15(22)21-20-10-11-4-2-6-13(8-11)16(17,18)19/h2-10H,1H3,(H,21,22)/b20-10-. The maximum Gasteiger partial charge on any atom is 0.416 e. The van der Waals surface area contributed by atoms with Crippen LogP contribution in [0.2, 0.25) is 0 Å². The minimum atomic E-state index is -4.42. The summed E-state index contributed by atoms with van der Waals surface area (Å²) in [5, 5.41) is 3.66. The normalized spacial score (nSPS) is 11.5. The molecule has 0 aliphatic heterocycles. The molecule has 0 fully saturated rings. The van der Waals surface area contributed by atoms with Crippen molar-refractivity contribution in [2.24, 2.45) is 5.10 Å². The lowest BCUT2D eigenvalue weighted by Crippen LogP contribution is -2.17. The second kappa shape index (κ2) is 6.95. The van der Waals surface area contributed by atoms with Crippen LogP contribution in [-0.2, 0) is 6.18 Å². The van der Waals surface area contributed by atoms with E-state index in [1.807, 2.05) is 0 Å². The lowest BCUT2D eigenvalue weighted by Gasteiger charge is -2.06. The molecule has 0 heterocycles. The molecule has 7 heteroatoms. The van der Waals surface area contributed by atoms with E-state index in [-0.39, 0.29) is 5.56 Å². The van der Waals surface area contributed by atoms with Gasteiger partial charge in [-0.1, -0.05) is 18.2 Å².